The molecule has 1 heterocycles. The van der Waals surface area contributed by atoms with E-state index in [-0.39, 0.29) is 12.3 Å². The monoisotopic (exact) mass is 447 g/mol. The number of hydrogen-bond donors (Lipinski definition) is 3. The Bertz CT molecular complexity index is 650. The summed E-state index contributed by atoms with van der Waals surface area (Å²) in [7, 11) is 1.80. The fourth-order valence-electron chi connectivity index (χ4n) is 4.68. The van der Waals surface area contributed by atoms with Crippen LogP contribution in [-0.4, -0.2) is 80.7 Å². The van der Waals surface area contributed by atoms with Crippen LogP contribution in [0, 0.1) is 17.8 Å². The highest BCUT2D eigenvalue weighted by molar-refractivity contribution is 6.07. The Hall–Kier alpha value is -1.09. The van der Waals surface area contributed by atoms with E-state index in [1.165, 1.54) is 13.8 Å². The van der Waals surface area contributed by atoms with Gasteiger partial charge in [0.15, 0.2) is 5.78 Å². The Labute approximate surface area is 186 Å². The molecule has 0 spiro atoms. The van der Waals surface area contributed by atoms with E-state index in [9.17, 15) is 24.9 Å². The van der Waals surface area contributed by atoms with Crippen molar-refractivity contribution in [2.75, 3.05) is 13.6 Å². The molecule has 0 amide bonds. The molecule has 7 nitrogen and oxygen atoms in total. The van der Waals surface area contributed by atoms with Crippen molar-refractivity contribution in [2.24, 2.45) is 17.8 Å². The van der Waals surface area contributed by atoms with Gasteiger partial charge in [-0.05, 0) is 59.4 Å². The van der Waals surface area contributed by atoms with E-state index < -0.39 is 58.7 Å². The van der Waals surface area contributed by atoms with Crippen molar-refractivity contribution in [3.05, 3.63) is 0 Å². The lowest BCUT2D eigenvalue weighted by molar-refractivity contribution is -0.196. The van der Waals surface area contributed by atoms with Gasteiger partial charge in [-0.2, -0.15) is 0 Å². The van der Waals surface area contributed by atoms with Crippen molar-refractivity contribution >= 4 is 11.8 Å². The molecule has 9 atom stereocenters. The number of nitrogens with zero attached hydrogens (tertiary/aromatic N) is 1. The average Bonchev–Trinajstić information content (AvgIpc) is 2.66. The maximum absolute atomic E-state index is 15.4. The normalized spacial score (nSPS) is 47.4. The zero-order valence-electron chi connectivity index (χ0n) is 20.5. The number of esters is 1. The number of cyclic esters (lactones) is 1. The van der Waals surface area contributed by atoms with Crippen LogP contribution in [0.4, 0.5) is 4.39 Å². The largest absolute Gasteiger partial charge is 0.457 e. The summed E-state index contributed by atoms with van der Waals surface area (Å²) in [5.74, 6) is -3.97. The second-order valence-corrected chi connectivity index (χ2v) is 10.3. The van der Waals surface area contributed by atoms with Crippen LogP contribution in [0.2, 0.25) is 0 Å². The number of rotatable bonds is 1. The van der Waals surface area contributed by atoms with E-state index in [0.29, 0.717) is 13.0 Å². The first-order chi connectivity index (χ1) is 13.9. The first-order valence-corrected chi connectivity index (χ1v) is 11.2. The maximum Gasteiger partial charge on any atom is 0.351 e. The molecule has 1 aliphatic heterocycles. The fraction of sp³-hybridized carbons (Fsp3) is 0.913. The number of halogens is 1. The molecule has 1 fully saturated rings. The quantitative estimate of drug-likeness (QED) is 0.417. The van der Waals surface area contributed by atoms with Gasteiger partial charge in [0.2, 0.25) is 0 Å². The molecule has 1 saturated heterocycles. The number of carbonyl (C=O) groups is 2. The molecule has 1 unspecified atom stereocenters. The lowest BCUT2D eigenvalue weighted by Gasteiger charge is -2.42. The standard InChI is InChI=1S/C23H42FNO6/c1-10-17-23(8,30)19(27)16(5)25(9)12-13(2)11-21(6,29)15(4)14(3)18(26)22(7,24)20(28)31-17/h13-17,19,27,29-30H,10-12H2,1-9H3/t13-,14-,15?,16-,17-,19-,21-,22+,23-/m1/s1. The molecule has 3 N–H and O–H groups in total. The van der Waals surface area contributed by atoms with Gasteiger partial charge >= 0.3 is 5.97 Å². The van der Waals surface area contributed by atoms with E-state index in [2.05, 4.69) is 0 Å². The molecule has 0 bridgehead atoms. The second-order valence-electron chi connectivity index (χ2n) is 10.3. The molecule has 0 aliphatic carbocycles. The number of ketones is 1. The Morgan fingerprint density at radius 2 is 1.65 bits per heavy atom. The van der Waals surface area contributed by atoms with Gasteiger partial charge in [-0.25, -0.2) is 9.18 Å². The van der Waals surface area contributed by atoms with Crippen molar-refractivity contribution in [1.82, 2.24) is 4.90 Å². The van der Waals surface area contributed by atoms with Gasteiger partial charge in [0.1, 0.15) is 17.8 Å². The topological polar surface area (TPSA) is 107 Å². The smallest absolute Gasteiger partial charge is 0.351 e. The molecule has 8 heteroatoms. The second kappa shape index (κ2) is 9.81. The van der Waals surface area contributed by atoms with Crippen LogP contribution in [0.25, 0.3) is 0 Å². The predicted octanol–water partition coefficient (Wildman–Crippen LogP) is 2.10. The Kier molecular flexibility index (Phi) is 8.84. The summed E-state index contributed by atoms with van der Waals surface area (Å²) in [5, 5.41) is 33.0. The number of aliphatic hydroxyl groups excluding tert-OH is 1. The van der Waals surface area contributed by atoms with Crippen molar-refractivity contribution in [1.29, 1.82) is 0 Å². The molecule has 1 rings (SSSR count). The van der Waals surface area contributed by atoms with Crippen LogP contribution < -0.4 is 0 Å². The Morgan fingerprint density at radius 1 is 1.13 bits per heavy atom. The SMILES string of the molecule is CC[C@H]1OC(=O)[C@@](C)(F)C(=O)[C@H](C)C(C)[C@](C)(O)C[C@@H](C)CN(C)[C@H](C)[C@@H](O)[C@]1(C)O. The lowest BCUT2D eigenvalue weighted by Crippen LogP contribution is -2.59. The van der Waals surface area contributed by atoms with Crippen LogP contribution in [-0.2, 0) is 14.3 Å². The summed E-state index contributed by atoms with van der Waals surface area (Å²) in [6.45, 7) is 12.8. The van der Waals surface area contributed by atoms with Gasteiger partial charge in [-0.1, -0.05) is 27.7 Å². The van der Waals surface area contributed by atoms with Crippen LogP contribution in [0.15, 0.2) is 0 Å². The molecule has 0 aromatic rings. The van der Waals surface area contributed by atoms with E-state index >= 15 is 4.39 Å². The lowest BCUT2D eigenvalue weighted by atomic mass is 9.73. The minimum atomic E-state index is -2.95. The third kappa shape index (κ3) is 5.83. The molecule has 182 valence electrons. The van der Waals surface area contributed by atoms with Crippen LogP contribution in [0.5, 0.6) is 0 Å². The minimum absolute atomic E-state index is 0.0221. The zero-order valence-corrected chi connectivity index (χ0v) is 20.5. The number of hydrogen-bond acceptors (Lipinski definition) is 7. The molecule has 0 saturated carbocycles. The number of Topliss-reactive ketones (excluding diaryl/α,β-unsaturated/α-hetero) is 1. The van der Waals surface area contributed by atoms with Crippen LogP contribution in [0.1, 0.15) is 68.2 Å². The van der Waals surface area contributed by atoms with Gasteiger partial charge in [0, 0.05) is 18.5 Å². The number of aliphatic hydroxyl groups is 3. The van der Waals surface area contributed by atoms with Crippen LogP contribution >= 0.6 is 0 Å². The Balaban J connectivity index is 3.48. The number of carbonyl (C=O) groups excluding carboxylic acids is 2. The molecule has 0 radical (unpaired) electrons. The first-order valence-electron chi connectivity index (χ1n) is 11.2. The molecular weight excluding hydrogens is 405 g/mol. The molecule has 0 aromatic heterocycles. The molecule has 0 aromatic carbocycles. The van der Waals surface area contributed by atoms with Gasteiger partial charge in [0.25, 0.3) is 5.67 Å². The zero-order chi connectivity index (χ0) is 24.5. The van der Waals surface area contributed by atoms with Gasteiger partial charge in [-0.3, -0.25) is 4.79 Å². The summed E-state index contributed by atoms with van der Waals surface area (Å²) in [4.78, 5) is 27.5. The summed E-state index contributed by atoms with van der Waals surface area (Å²) in [6, 6.07) is -0.519. The summed E-state index contributed by atoms with van der Waals surface area (Å²) >= 11 is 0. The summed E-state index contributed by atoms with van der Waals surface area (Å²) < 4.78 is 20.7. The van der Waals surface area contributed by atoms with Crippen molar-refractivity contribution in [3.63, 3.8) is 0 Å². The number of ether oxygens (including phenoxy) is 1. The van der Waals surface area contributed by atoms with Gasteiger partial charge in [0.05, 0.1) is 5.60 Å². The van der Waals surface area contributed by atoms with Gasteiger partial charge < -0.3 is 25.0 Å². The highest BCUT2D eigenvalue weighted by atomic mass is 19.1. The molecule has 1 aliphatic rings. The van der Waals surface area contributed by atoms with Crippen LogP contribution in [0.3, 0.4) is 0 Å². The van der Waals surface area contributed by atoms with Gasteiger partial charge in [-0.15, -0.1) is 0 Å². The number of alkyl halides is 1. The highest BCUT2D eigenvalue weighted by Gasteiger charge is 2.52. The third-order valence-electron chi connectivity index (χ3n) is 7.37. The summed E-state index contributed by atoms with van der Waals surface area (Å²) in [6.07, 6.45) is -2.08. The fourth-order valence-corrected chi connectivity index (χ4v) is 4.68. The molecular formula is C23H42FNO6. The maximum atomic E-state index is 15.4. The predicted molar refractivity (Wildman–Crippen MR) is 116 cm³/mol. The first kappa shape index (κ1) is 27.9. The average molecular weight is 448 g/mol. The minimum Gasteiger partial charge on any atom is -0.457 e. The summed E-state index contributed by atoms with van der Waals surface area (Å²) in [5.41, 5.74) is -6.10. The highest BCUT2D eigenvalue weighted by Crippen LogP contribution is 2.35. The van der Waals surface area contributed by atoms with Crippen molar-refractivity contribution < 1.29 is 34.0 Å². The van der Waals surface area contributed by atoms with Crippen molar-refractivity contribution in [2.45, 2.75) is 103 Å². The van der Waals surface area contributed by atoms with E-state index in [4.69, 9.17) is 4.74 Å². The number of likely N-dealkylation sites (N-methyl/N-ethyl adjacent to an activating group) is 1. The third-order valence-corrected chi connectivity index (χ3v) is 7.37. The van der Waals surface area contributed by atoms with E-state index in [1.54, 1.807) is 34.7 Å². The van der Waals surface area contributed by atoms with E-state index in [0.717, 1.165) is 6.92 Å². The van der Waals surface area contributed by atoms with Crippen molar-refractivity contribution in [3.8, 4) is 0 Å². The van der Waals surface area contributed by atoms with E-state index in [1.807, 2.05) is 11.8 Å². The molecule has 31 heavy (non-hydrogen) atoms. The Morgan fingerprint density at radius 3 is 2.13 bits per heavy atom.